The molecule has 0 radical (unpaired) electrons. The van der Waals surface area contributed by atoms with Crippen molar-refractivity contribution in [2.75, 3.05) is 39.3 Å². The van der Waals surface area contributed by atoms with Gasteiger partial charge in [0, 0.05) is 38.6 Å². The van der Waals surface area contributed by atoms with Crippen LogP contribution in [0.2, 0.25) is 0 Å². The first-order valence-electron chi connectivity index (χ1n) is 10.1. The summed E-state index contributed by atoms with van der Waals surface area (Å²) in [6.45, 7) is 9.87. The molecule has 0 aromatic carbocycles. The Morgan fingerprint density at radius 3 is 2.61 bits per heavy atom. The average Bonchev–Trinajstić information content (AvgIpc) is 2.93. The van der Waals surface area contributed by atoms with Crippen LogP contribution in [0, 0.1) is 5.92 Å². The second-order valence-corrected chi connectivity index (χ2v) is 8.64. The number of guanidine groups is 1. The van der Waals surface area contributed by atoms with E-state index in [9.17, 15) is 9.59 Å². The van der Waals surface area contributed by atoms with Crippen LogP contribution >= 0.6 is 24.0 Å². The van der Waals surface area contributed by atoms with Crippen molar-refractivity contribution in [1.82, 2.24) is 20.4 Å². The molecule has 1 atom stereocenters. The minimum Gasteiger partial charge on any atom is -0.444 e. The second-order valence-electron chi connectivity index (χ2n) is 8.64. The topological polar surface area (TPSA) is 86.3 Å². The highest BCUT2D eigenvalue weighted by Crippen LogP contribution is 2.26. The summed E-state index contributed by atoms with van der Waals surface area (Å²) in [6.07, 6.45) is 3.89. The maximum absolute atomic E-state index is 12.3. The van der Waals surface area contributed by atoms with Crippen molar-refractivity contribution in [2.24, 2.45) is 10.9 Å². The molecule has 3 aliphatic rings. The Balaban J connectivity index is 0.00000280. The number of nitrogens with zero attached hydrogens (tertiary/aromatic N) is 3. The van der Waals surface area contributed by atoms with E-state index in [0.717, 1.165) is 38.3 Å². The number of aliphatic imine (C=N–C) groups is 1. The van der Waals surface area contributed by atoms with Crippen LogP contribution in [0.15, 0.2) is 4.99 Å². The Morgan fingerprint density at radius 1 is 1.21 bits per heavy atom. The molecular formula is C19H34IN5O3. The first-order chi connectivity index (χ1) is 12.8. The van der Waals surface area contributed by atoms with Gasteiger partial charge in [0.2, 0.25) is 5.91 Å². The van der Waals surface area contributed by atoms with E-state index in [1.54, 1.807) is 4.90 Å². The molecule has 1 saturated carbocycles. The van der Waals surface area contributed by atoms with E-state index in [1.807, 2.05) is 20.8 Å². The van der Waals surface area contributed by atoms with E-state index >= 15 is 0 Å². The lowest BCUT2D eigenvalue weighted by atomic mass is 9.85. The quantitative estimate of drug-likeness (QED) is 0.438. The number of hydrogen-bond acceptors (Lipinski definition) is 6. The molecule has 9 heteroatoms. The van der Waals surface area contributed by atoms with Crippen LogP contribution in [-0.2, 0) is 9.53 Å². The molecule has 2 fully saturated rings. The van der Waals surface area contributed by atoms with Gasteiger partial charge >= 0.3 is 6.09 Å². The van der Waals surface area contributed by atoms with Crippen molar-refractivity contribution in [3.05, 3.63) is 0 Å². The highest BCUT2D eigenvalue weighted by Gasteiger charge is 2.36. The third kappa shape index (κ3) is 6.12. The molecule has 0 bridgehead atoms. The van der Waals surface area contributed by atoms with Gasteiger partial charge in [-0.1, -0.05) is 6.42 Å². The Morgan fingerprint density at radius 2 is 1.96 bits per heavy atom. The summed E-state index contributed by atoms with van der Waals surface area (Å²) in [7, 11) is 0. The molecule has 28 heavy (non-hydrogen) atoms. The Kier molecular flexibility index (Phi) is 8.20. The van der Waals surface area contributed by atoms with Gasteiger partial charge in [0.1, 0.15) is 5.60 Å². The molecular weight excluding hydrogens is 473 g/mol. The molecule has 2 heterocycles. The van der Waals surface area contributed by atoms with E-state index < -0.39 is 5.60 Å². The van der Waals surface area contributed by atoms with Crippen molar-refractivity contribution >= 4 is 41.9 Å². The molecule has 2 amide bonds. The third-order valence-corrected chi connectivity index (χ3v) is 5.27. The molecule has 2 aliphatic heterocycles. The van der Waals surface area contributed by atoms with Crippen molar-refractivity contribution in [3.8, 4) is 0 Å². The number of amides is 2. The lowest BCUT2D eigenvalue weighted by molar-refractivity contribution is -0.127. The van der Waals surface area contributed by atoms with Crippen LogP contribution in [0.3, 0.4) is 0 Å². The van der Waals surface area contributed by atoms with Crippen LogP contribution in [0.5, 0.6) is 0 Å². The molecule has 1 unspecified atom stereocenters. The zero-order valence-electron chi connectivity index (χ0n) is 17.2. The van der Waals surface area contributed by atoms with Crippen LogP contribution < -0.4 is 10.6 Å². The van der Waals surface area contributed by atoms with Crippen molar-refractivity contribution in [3.63, 3.8) is 0 Å². The third-order valence-electron chi connectivity index (χ3n) is 5.27. The standard InChI is InChI=1S/C19H33N5O3.HI/c1-19(2,3)27-18(26)23-10-11-24-15(13-23)12-22-17(24)21-9-5-8-20-16(25)14-6-4-7-14;/h14-15H,4-13H2,1-3H3,(H,20,25)(H,21,22);1H. The fourth-order valence-electron chi connectivity index (χ4n) is 3.54. The number of rotatable bonds is 5. The molecule has 0 spiro atoms. The number of carbonyl (C=O) groups excluding carboxylic acids is 2. The summed E-state index contributed by atoms with van der Waals surface area (Å²) in [4.78, 5) is 32.7. The Hall–Kier alpha value is -1.26. The highest BCUT2D eigenvalue weighted by molar-refractivity contribution is 14.0. The summed E-state index contributed by atoms with van der Waals surface area (Å²) in [5.74, 6) is 1.37. The van der Waals surface area contributed by atoms with Gasteiger partial charge in [0.05, 0.1) is 12.6 Å². The maximum atomic E-state index is 12.3. The van der Waals surface area contributed by atoms with Crippen LogP contribution in [0.25, 0.3) is 0 Å². The monoisotopic (exact) mass is 507 g/mol. The van der Waals surface area contributed by atoms with Crippen molar-refractivity contribution in [2.45, 2.75) is 58.1 Å². The second kappa shape index (κ2) is 9.98. The molecule has 3 rings (SSSR count). The predicted molar refractivity (Wildman–Crippen MR) is 119 cm³/mol. The van der Waals surface area contributed by atoms with E-state index in [-0.39, 0.29) is 47.9 Å². The van der Waals surface area contributed by atoms with Crippen LogP contribution in [0.4, 0.5) is 4.79 Å². The SMILES string of the molecule is CC(C)(C)OC(=O)N1CCN2C(NCCCNC(=O)C3CCC3)=NCC2C1.I. The van der Waals surface area contributed by atoms with E-state index in [4.69, 9.17) is 4.74 Å². The summed E-state index contributed by atoms with van der Waals surface area (Å²) >= 11 is 0. The minimum absolute atomic E-state index is 0. The van der Waals surface area contributed by atoms with Gasteiger partial charge in [-0.05, 0) is 40.0 Å². The van der Waals surface area contributed by atoms with E-state index in [0.29, 0.717) is 26.2 Å². The van der Waals surface area contributed by atoms with Gasteiger partial charge in [-0.2, -0.15) is 0 Å². The maximum Gasteiger partial charge on any atom is 0.410 e. The van der Waals surface area contributed by atoms with E-state index in [1.165, 1.54) is 6.42 Å². The molecule has 8 nitrogen and oxygen atoms in total. The number of halogens is 1. The first kappa shape index (κ1) is 23.0. The number of ether oxygens (including phenoxy) is 1. The van der Waals surface area contributed by atoms with Crippen LogP contribution in [0.1, 0.15) is 46.5 Å². The first-order valence-corrected chi connectivity index (χ1v) is 10.1. The lowest BCUT2D eigenvalue weighted by Crippen LogP contribution is -2.57. The van der Waals surface area contributed by atoms with Gasteiger partial charge in [-0.3, -0.25) is 9.79 Å². The van der Waals surface area contributed by atoms with Crippen molar-refractivity contribution in [1.29, 1.82) is 0 Å². The molecule has 0 aromatic rings. The smallest absolute Gasteiger partial charge is 0.410 e. The molecule has 1 saturated heterocycles. The van der Waals surface area contributed by atoms with E-state index in [2.05, 4.69) is 20.5 Å². The van der Waals surface area contributed by atoms with Gasteiger partial charge in [-0.25, -0.2) is 4.79 Å². The summed E-state index contributed by atoms with van der Waals surface area (Å²) in [5, 5.41) is 6.40. The average molecular weight is 507 g/mol. The number of piperazine rings is 1. The lowest BCUT2D eigenvalue weighted by Gasteiger charge is -2.39. The van der Waals surface area contributed by atoms with Gasteiger partial charge < -0.3 is 25.2 Å². The van der Waals surface area contributed by atoms with Gasteiger partial charge in [0.25, 0.3) is 0 Å². The number of fused-ring (bicyclic) bond motifs is 1. The fourth-order valence-corrected chi connectivity index (χ4v) is 3.54. The summed E-state index contributed by atoms with van der Waals surface area (Å²) in [5.41, 5.74) is -0.471. The summed E-state index contributed by atoms with van der Waals surface area (Å²) in [6, 6.07) is 0.215. The normalized spacial score (nSPS) is 21.8. The zero-order valence-corrected chi connectivity index (χ0v) is 19.5. The molecule has 160 valence electrons. The zero-order chi connectivity index (χ0) is 19.4. The molecule has 1 aliphatic carbocycles. The van der Waals surface area contributed by atoms with Crippen molar-refractivity contribution < 1.29 is 14.3 Å². The number of nitrogens with one attached hydrogen (secondary N) is 2. The number of carbonyl (C=O) groups is 2. The summed E-state index contributed by atoms with van der Waals surface area (Å²) < 4.78 is 5.47. The minimum atomic E-state index is -0.471. The molecule has 0 aromatic heterocycles. The van der Waals surface area contributed by atoms with Gasteiger partial charge in [0.15, 0.2) is 5.96 Å². The number of hydrogen-bond donors (Lipinski definition) is 2. The largest absolute Gasteiger partial charge is 0.444 e. The van der Waals surface area contributed by atoms with Gasteiger partial charge in [-0.15, -0.1) is 24.0 Å². The van der Waals surface area contributed by atoms with Crippen LogP contribution in [-0.4, -0.2) is 78.7 Å². The Bertz CT molecular complexity index is 589. The molecule has 2 N–H and O–H groups in total. The Labute approximate surface area is 184 Å². The highest BCUT2D eigenvalue weighted by atomic mass is 127. The fraction of sp³-hybridized carbons (Fsp3) is 0.842. The predicted octanol–water partition coefficient (Wildman–Crippen LogP) is 1.79.